The number of aromatic nitrogens is 1. The molecule has 0 fully saturated rings. The van der Waals surface area contributed by atoms with Gasteiger partial charge in [-0.3, -0.25) is 0 Å². The summed E-state index contributed by atoms with van der Waals surface area (Å²) >= 11 is 0. The summed E-state index contributed by atoms with van der Waals surface area (Å²) in [6, 6.07) is 10.8. The molecule has 0 aliphatic carbocycles. The molecule has 3 rings (SSSR count). The van der Waals surface area contributed by atoms with Gasteiger partial charge in [0.25, 0.3) is 0 Å². The first-order valence-corrected chi connectivity index (χ1v) is 6.31. The zero-order valence-corrected chi connectivity index (χ0v) is 15.3. The number of aryl methyl sites for hydroxylation is 1. The monoisotopic (exact) mass is 323 g/mol. The number of pyridine rings is 1. The average Bonchev–Trinajstić information content (AvgIpc) is 2.76. The van der Waals surface area contributed by atoms with Gasteiger partial charge >= 0.3 is 51.4 Å². The molecule has 0 radical (unpaired) electrons. The maximum absolute atomic E-state index is 12.8. The number of benzene rings is 1. The van der Waals surface area contributed by atoms with E-state index in [1.807, 2.05) is 0 Å². The Morgan fingerprint density at radius 1 is 1.14 bits per heavy atom. The van der Waals surface area contributed by atoms with E-state index in [4.69, 9.17) is 4.74 Å². The Labute approximate surface area is 168 Å². The first kappa shape index (κ1) is 17.2. The van der Waals surface area contributed by atoms with Crippen molar-refractivity contribution >= 4 is 11.5 Å². The second-order valence-corrected chi connectivity index (χ2v) is 4.68. The number of halogens is 1. The van der Waals surface area contributed by atoms with E-state index in [-0.39, 0.29) is 62.9 Å². The van der Waals surface area contributed by atoms with Crippen molar-refractivity contribution < 1.29 is 70.4 Å². The number of carboxylic acid groups (broad SMARTS) is 1. The summed E-state index contributed by atoms with van der Waals surface area (Å²) in [6.45, 7) is 1.71. The van der Waals surface area contributed by atoms with E-state index in [0.29, 0.717) is 17.1 Å². The zero-order chi connectivity index (χ0) is 15.0. The van der Waals surface area contributed by atoms with E-state index in [9.17, 15) is 14.3 Å². The fourth-order valence-corrected chi connectivity index (χ4v) is 2.24. The van der Waals surface area contributed by atoms with Crippen molar-refractivity contribution in [1.29, 1.82) is 0 Å². The summed E-state index contributed by atoms with van der Waals surface area (Å²) in [7, 11) is 0. The van der Waals surface area contributed by atoms with Crippen molar-refractivity contribution in [2.24, 2.45) is 0 Å². The van der Waals surface area contributed by atoms with Crippen LogP contribution in [-0.2, 0) is 0 Å². The summed E-state index contributed by atoms with van der Waals surface area (Å²) in [6.07, 6.45) is 1.57. The van der Waals surface area contributed by atoms with Crippen molar-refractivity contribution in [3.8, 4) is 11.5 Å². The molecule has 1 aromatic carbocycles. The van der Waals surface area contributed by atoms with E-state index in [1.165, 1.54) is 28.7 Å². The fraction of sp³-hybridized carbons (Fsp3) is 0.0625. The van der Waals surface area contributed by atoms with E-state index in [2.05, 4.69) is 0 Å². The average molecular weight is 323 g/mol. The van der Waals surface area contributed by atoms with Crippen molar-refractivity contribution in [1.82, 2.24) is 4.40 Å². The number of rotatable bonds is 3. The van der Waals surface area contributed by atoms with Crippen LogP contribution in [0.3, 0.4) is 0 Å². The predicted molar refractivity (Wildman–Crippen MR) is 72.9 cm³/mol. The minimum Gasteiger partial charge on any atom is -0.543 e. The number of hydrogen-bond donors (Lipinski definition) is 0. The molecule has 4 nitrogen and oxygen atoms in total. The molecule has 22 heavy (non-hydrogen) atoms. The smallest absolute Gasteiger partial charge is 0.543 e. The van der Waals surface area contributed by atoms with Crippen LogP contribution in [0.2, 0.25) is 0 Å². The molecule has 0 aliphatic rings. The molecule has 2 aromatic heterocycles. The molecule has 6 heteroatoms. The third-order valence-corrected chi connectivity index (χ3v) is 3.17. The van der Waals surface area contributed by atoms with Crippen LogP contribution in [0.5, 0.6) is 11.5 Å². The molecule has 0 saturated carbocycles. The van der Waals surface area contributed by atoms with Crippen LogP contribution in [-0.4, -0.2) is 10.4 Å². The molecule has 0 bridgehead atoms. The number of hydrogen-bond acceptors (Lipinski definition) is 3. The third kappa shape index (κ3) is 3.42. The molecule has 0 spiro atoms. The summed E-state index contributed by atoms with van der Waals surface area (Å²) in [4.78, 5) is 11.2. The number of fused-ring (bicyclic) bond motifs is 1. The van der Waals surface area contributed by atoms with Crippen LogP contribution in [0.15, 0.2) is 48.7 Å². The van der Waals surface area contributed by atoms with Gasteiger partial charge in [-0.15, -0.1) is 0 Å². The number of aromatic carboxylic acids is 1. The quantitative estimate of drug-likeness (QED) is 0.614. The van der Waals surface area contributed by atoms with Gasteiger partial charge in [-0.1, -0.05) is 0 Å². The Hall–Kier alpha value is -1.18. The fourth-order valence-electron chi connectivity index (χ4n) is 2.24. The molecule has 0 saturated heterocycles. The van der Waals surface area contributed by atoms with Gasteiger partial charge in [-0.2, -0.15) is 0 Å². The number of ether oxygens (including phenoxy) is 1. The second kappa shape index (κ2) is 6.93. The van der Waals surface area contributed by atoms with E-state index < -0.39 is 5.97 Å². The minimum absolute atomic E-state index is 0. The molecular formula is C16H11FKNO3. The number of carbonyl (C=O) groups excluding carboxylic acids is 1. The maximum Gasteiger partial charge on any atom is 1.00 e. The molecule has 0 aliphatic heterocycles. The summed E-state index contributed by atoms with van der Waals surface area (Å²) in [5, 5.41) is 11.2. The topological polar surface area (TPSA) is 53.8 Å². The summed E-state index contributed by atoms with van der Waals surface area (Å²) < 4.78 is 19.9. The first-order chi connectivity index (χ1) is 10.0. The van der Waals surface area contributed by atoms with Gasteiger partial charge < -0.3 is 19.0 Å². The van der Waals surface area contributed by atoms with Crippen molar-refractivity contribution in [2.45, 2.75) is 6.92 Å². The summed E-state index contributed by atoms with van der Waals surface area (Å²) in [5.41, 5.74) is 1.45. The Kier molecular flexibility index (Phi) is 5.41. The van der Waals surface area contributed by atoms with E-state index >= 15 is 0 Å². The Morgan fingerprint density at radius 2 is 1.77 bits per heavy atom. The Bertz CT molecular complexity index is 827. The van der Waals surface area contributed by atoms with Crippen LogP contribution in [0.4, 0.5) is 4.39 Å². The van der Waals surface area contributed by atoms with Crippen molar-refractivity contribution in [2.75, 3.05) is 0 Å². The molecule has 0 unspecified atom stereocenters. The molecule has 106 valence electrons. The first-order valence-electron chi connectivity index (χ1n) is 6.31. The molecule has 3 aromatic rings. The van der Waals surface area contributed by atoms with Crippen LogP contribution in [0, 0.1) is 12.7 Å². The van der Waals surface area contributed by atoms with Crippen LogP contribution in [0.1, 0.15) is 16.1 Å². The van der Waals surface area contributed by atoms with Gasteiger partial charge in [0.1, 0.15) is 17.3 Å². The molecule has 0 amide bonds. The summed E-state index contributed by atoms with van der Waals surface area (Å²) in [5.74, 6) is -0.675. The van der Waals surface area contributed by atoms with Crippen LogP contribution < -0.4 is 61.2 Å². The molecule has 0 atom stereocenters. The largest absolute Gasteiger partial charge is 1.00 e. The standard InChI is InChI=1S/C16H12FNO3.K/c1-10-8-12-4-7-14(9-18(12)15(10)16(19)20)21-13-5-2-11(17)3-6-13;/h2-9H,1H3,(H,19,20);/q;+1/p-1. The maximum atomic E-state index is 12.8. The van der Waals surface area contributed by atoms with Gasteiger partial charge in [0.05, 0.1) is 17.9 Å². The third-order valence-electron chi connectivity index (χ3n) is 3.17. The van der Waals surface area contributed by atoms with Crippen LogP contribution >= 0.6 is 0 Å². The van der Waals surface area contributed by atoms with Crippen LogP contribution in [0.25, 0.3) is 5.52 Å². The van der Waals surface area contributed by atoms with Crippen molar-refractivity contribution in [3.05, 3.63) is 65.7 Å². The number of carbonyl (C=O) groups is 1. The van der Waals surface area contributed by atoms with Gasteiger partial charge in [0, 0.05) is 5.52 Å². The minimum atomic E-state index is -1.24. The molecular weight excluding hydrogens is 312 g/mol. The zero-order valence-electron chi connectivity index (χ0n) is 12.2. The van der Waals surface area contributed by atoms with Gasteiger partial charge in [-0.25, -0.2) is 4.39 Å². The predicted octanol–water partition coefficient (Wildman–Crippen LogP) is -0.453. The number of carboxylic acids is 1. The SMILES string of the molecule is Cc1cc2ccc(Oc3ccc(F)cc3)cn2c1C(=O)[O-].[K+]. The Morgan fingerprint density at radius 3 is 2.41 bits per heavy atom. The van der Waals surface area contributed by atoms with Gasteiger partial charge in [0.15, 0.2) is 0 Å². The number of nitrogens with zero attached hydrogens (tertiary/aromatic N) is 1. The Balaban J connectivity index is 0.00000176. The molecule has 2 heterocycles. The van der Waals surface area contributed by atoms with Crippen molar-refractivity contribution in [3.63, 3.8) is 0 Å². The second-order valence-electron chi connectivity index (χ2n) is 4.68. The van der Waals surface area contributed by atoms with Gasteiger partial charge in [-0.05, 0) is 55.0 Å². The van der Waals surface area contributed by atoms with Gasteiger partial charge in [0.2, 0.25) is 0 Å². The normalized spacial score (nSPS) is 10.3. The van der Waals surface area contributed by atoms with E-state index in [1.54, 1.807) is 31.3 Å². The van der Waals surface area contributed by atoms with E-state index in [0.717, 1.165) is 5.52 Å². The molecule has 0 N–H and O–H groups in total.